The second-order valence-electron chi connectivity index (χ2n) is 7.76. The highest BCUT2D eigenvalue weighted by Gasteiger charge is 2.40. The molecule has 1 saturated carbocycles. The van der Waals surface area contributed by atoms with Crippen molar-refractivity contribution >= 4 is 17.2 Å². The van der Waals surface area contributed by atoms with Crippen molar-refractivity contribution in [2.75, 3.05) is 6.54 Å². The quantitative estimate of drug-likeness (QED) is 0.832. The highest BCUT2D eigenvalue weighted by Crippen LogP contribution is 2.45. The summed E-state index contributed by atoms with van der Waals surface area (Å²) in [7, 11) is 0. The van der Waals surface area contributed by atoms with Crippen LogP contribution < -0.4 is 5.32 Å². The van der Waals surface area contributed by atoms with Gasteiger partial charge in [-0.15, -0.1) is 0 Å². The zero-order valence-corrected chi connectivity index (χ0v) is 14.4. The first-order valence-corrected chi connectivity index (χ1v) is 8.13. The fourth-order valence-electron chi connectivity index (χ4n) is 3.81. The lowest BCUT2D eigenvalue weighted by Crippen LogP contribution is -2.45. The number of hydrogen-bond acceptors (Lipinski definition) is 2. The van der Waals surface area contributed by atoms with E-state index in [9.17, 15) is 5.11 Å². The SMILES string of the molecule is Cc1ccc(C(=S)NC[C@@]2(C)C[C@H](O)CC(C)(C)C2)cc1. The second-order valence-corrected chi connectivity index (χ2v) is 8.17. The van der Waals surface area contributed by atoms with Crippen molar-refractivity contribution in [1.82, 2.24) is 5.32 Å². The van der Waals surface area contributed by atoms with Crippen LogP contribution in [0, 0.1) is 17.8 Å². The maximum atomic E-state index is 10.1. The zero-order valence-electron chi connectivity index (χ0n) is 13.6. The van der Waals surface area contributed by atoms with Crippen molar-refractivity contribution in [3.63, 3.8) is 0 Å². The molecule has 0 bridgehead atoms. The number of aryl methyl sites for hydroxylation is 1. The van der Waals surface area contributed by atoms with Crippen molar-refractivity contribution in [3.05, 3.63) is 35.4 Å². The molecule has 0 saturated heterocycles. The van der Waals surface area contributed by atoms with Gasteiger partial charge in [-0.05, 0) is 37.0 Å². The van der Waals surface area contributed by atoms with Crippen LogP contribution in [0.2, 0.25) is 0 Å². The smallest absolute Gasteiger partial charge is 0.106 e. The zero-order chi connectivity index (χ0) is 15.7. The van der Waals surface area contributed by atoms with Crippen LogP contribution in [0.1, 0.15) is 51.2 Å². The van der Waals surface area contributed by atoms with Gasteiger partial charge in [-0.3, -0.25) is 0 Å². The van der Waals surface area contributed by atoms with Crippen LogP contribution in [0.25, 0.3) is 0 Å². The minimum atomic E-state index is -0.200. The lowest BCUT2D eigenvalue weighted by atomic mass is 9.63. The highest BCUT2D eigenvalue weighted by atomic mass is 32.1. The van der Waals surface area contributed by atoms with E-state index in [1.54, 1.807) is 0 Å². The van der Waals surface area contributed by atoms with Gasteiger partial charge in [0.05, 0.1) is 6.10 Å². The predicted octanol–water partition coefficient (Wildman–Crippen LogP) is 3.84. The Morgan fingerprint density at radius 3 is 2.43 bits per heavy atom. The topological polar surface area (TPSA) is 32.3 Å². The Labute approximate surface area is 134 Å². The molecule has 1 aromatic carbocycles. The Morgan fingerprint density at radius 1 is 1.24 bits per heavy atom. The molecule has 0 aliphatic heterocycles. The molecule has 2 rings (SSSR count). The van der Waals surface area contributed by atoms with E-state index >= 15 is 0 Å². The third-order valence-corrected chi connectivity index (χ3v) is 4.79. The maximum Gasteiger partial charge on any atom is 0.106 e. The van der Waals surface area contributed by atoms with Gasteiger partial charge in [0.2, 0.25) is 0 Å². The minimum Gasteiger partial charge on any atom is -0.393 e. The largest absolute Gasteiger partial charge is 0.393 e. The van der Waals surface area contributed by atoms with E-state index in [1.807, 2.05) is 0 Å². The van der Waals surface area contributed by atoms with Crippen LogP contribution in [-0.4, -0.2) is 22.7 Å². The van der Waals surface area contributed by atoms with Crippen molar-refractivity contribution in [1.29, 1.82) is 0 Å². The van der Waals surface area contributed by atoms with Crippen molar-refractivity contribution in [2.45, 2.75) is 53.1 Å². The first-order chi connectivity index (χ1) is 9.69. The first-order valence-electron chi connectivity index (χ1n) is 7.72. The first kappa shape index (κ1) is 16.4. The maximum absolute atomic E-state index is 10.1. The summed E-state index contributed by atoms with van der Waals surface area (Å²) in [6.07, 6.45) is 2.65. The molecule has 1 fully saturated rings. The Bertz CT molecular complexity index is 508. The molecule has 0 aromatic heterocycles. The molecule has 3 heteroatoms. The van der Waals surface area contributed by atoms with Crippen LogP contribution in [0.3, 0.4) is 0 Å². The van der Waals surface area contributed by atoms with E-state index in [2.05, 4.69) is 57.3 Å². The van der Waals surface area contributed by atoms with Gasteiger partial charge in [-0.2, -0.15) is 0 Å². The van der Waals surface area contributed by atoms with Gasteiger partial charge >= 0.3 is 0 Å². The molecule has 1 aliphatic rings. The molecule has 2 nitrogen and oxygen atoms in total. The summed E-state index contributed by atoms with van der Waals surface area (Å²) in [6, 6.07) is 8.29. The van der Waals surface area contributed by atoms with Gasteiger partial charge in [0.1, 0.15) is 4.99 Å². The van der Waals surface area contributed by atoms with Crippen LogP contribution in [0.15, 0.2) is 24.3 Å². The molecule has 1 aliphatic carbocycles. The van der Waals surface area contributed by atoms with Crippen LogP contribution in [0.5, 0.6) is 0 Å². The van der Waals surface area contributed by atoms with Gasteiger partial charge in [-0.25, -0.2) is 0 Å². The Kier molecular flexibility index (Phi) is 4.74. The summed E-state index contributed by atoms with van der Waals surface area (Å²) in [6.45, 7) is 9.63. The van der Waals surface area contributed by atoms with Crippen LogP contribution in [-0.2, 0) is 0 Å². The number of aliphatic hydroxyl groups is 1. The molecule has 21 heavy (non-hydrogen) atoms. The van der Waals surface area contributed by atoms with Crippen LogP contribution in [0.4, 0.5) is 0 Å². The number of benzene rings is 1. The van der Waals surface area contributed by atoms with Crippen molar-refractivity contribution in [2.24, 2.45) is 10.8 Å². The third kappa shape index (κ3) is 4.52. The summed E-state index contributed by atoms with van der Waals surface area (Å²) >= 11 is 5.49. The fraction of sp³-hybridized carbons (Fsp3) is 0.611. The number of aliphatic hydroxyl groups excluding tert-OH is 1. The van der Waals surface area contributed by atoms with Gasteiger partial charge < -0.3 is 10.4 Å². The number of thiocarbonyl (C=S) groups is 1. The van der Waals surface area contributed by atoms with Gasteiger partial charge in [0, 0.05) is 12.1 Å². The summed E-state index contributed by atoms with van der Waals surface area (Å²) in [5.41, 5.74) is 2.59. The minimum absolute atomic E-state index is 0.0932. The lowest BCUT2D eigenvalue weighted by molar-refractivity contribution is -0.00679. The molecule has 0 radical (unpaired) electrons. The Hall–Kier alpha value is -0.930. The fourth-order valence-corrected chi connectivity index (χ4v) is 4.02. The van der Waals surface area contributed by atoms with E-state index in [0.29, 0.717) is 0 Å². The standard InChI is InChI=1S/C18H27NOS/c1-13-5-7-14(8-6-13)16(21)19-12-18(4)10-15(20)9-17(2,3)11-18/h5-8,15,20H,9-12H2,1-4H3,(H,19,21)/t15-,18+/m1/s1. The molecule has 0 amide bonds. The van der Waals surface area contributed by atoms with E-state index in [4.69, 9.17) is 12.2 Å². The normalized spacial score (nSPS) is 28.1. The highest BCUT2D eigenvalue weighted by molar-refractivity contribution is 7.80. The molecule has 0 heterocycles. The lowest BCUT2D eigenvalue weighted by Gasteiger charge is -2.45. The monoisotopic (exact) mass is 305 g/mol. The molecule has 2 atom stereocenters. The average molecular weight is 305 g/mol. The molecule has 0 unspecified atom stereocenters. The number of hydrogen-bond donors (Lipinski definition) is 2. The van der Waals surface area contributed by atoms with Crippen molar-refractivity contribution in [3.8, 4) is 0 Å². The molecule has 1 aromatic rings. The molecular weight excluding hydrogens is 278 g/mol. The summed E-state index contributed by atoms with van der Waals surface area (Å²) in [5, 5.41) is 13.5. The van der Waals surface area contributed by atoms with E-state index in [-0.39, 0.29) is 16.9 Å². The number of nitrogens with one attached hydrogen (secondary N) is 1. The van der Waals surface area contributed by atoms with Gasteiger partial charge in [0.25, 0.3) is 0 Å². The molecular formula is C18H27NOS. The Morgan fingerprint density at radius 2 is 1.86 bits per heavy atom. The molecule has 0 spiro atoms. The van der Waals surface area contributed by atoms with E-state index < -0.39 is 0 Å². The summed E-state index contributed by atoms with van der Waals surface area (Å²) < 4.78 is 0. The second kappa shape index (κ2) is 6.05. The predicted molar refractivity (Wildman–Crippen MR) is 92.6 cm³/mol. The van der Waals surface area contributed by atoms with E-state index in [0.717, 1.165) is 36.4 Å². The van der Waals surface area contributed by atoms with Gasteiger partial charge in [-0.1, -0.05) is 62.8 Å². The van der Waals surface area contributed by atoms with E-state index in [1.165, 1.54) is 5.56 Å². The van der Waals surface area contributed by atoms with Crippen molar-refractivity contribution < 1.29 is 5.11 Å². The van der Waals surface area contributed by atoms with Gasteiger partial charge in [0.15, 0.2) is 0 Å². The Balaban J connectivity index is 1.98. The molecule has 2 N–H and O–H groups in total. The van der Waals surface area contributed by atoms with Crippen LogP contribution >= 0.6 is 12.2 Å². The number of rotatable bonds is 3. The third-order valence-electron chi connectivity index (χ3n) is 4.41. The molecule has 116 valence electrons. The average Bonchev–Trinajstić information content (AvgIpc) is 2.34. The summed E-state index contributed by atoms with van der Waals surface area (Å²) in [4.78, 5) is 0.800. The summed E-state index contributed by atoms with van der Waals surface area (Å²) in [5.74, 6) is 0.